The maximum Gasteiger partial charge on any atom is 0.176 e. The van der Waals surface area contributed by atoms with Gasteiger partial charge >= 0.3 is 0 Å². The highest BCUT2D eigenvalue weighted by molar-refractivity contribution is 14.1. The lowest BCUT2D eigenvalue weighted by atomic mass is 10.3. The number of imidazole rings is 2. The van der Waals surface area contributed by atoms with E-state index in [-0.39, 0.29) is 0 Å². The zero-order chi connectivity index (χ0) is 24.5. The van der Waals surface area contributed by atoms with Gasteiger partial charge in [0.1, 0.15) is 11.4 Å². The van der Waals surface area contributed by atoms with Crippen molar-refractivity contribution < 1.29 is 17.6 Å². The standard InChI is InChI=1S/2C7H6N4.C6F4I2/c2*1-2-9-6(5-8-1)7-10-3-4-11-7;7-1-2(8)6(12)4(10)3(9)5(1)11/h2*1-5H,(H,10,11);. The van der Waals surface area contributed by atoms with E-state index in [0.29, 0.717) is 0 Å². The first-order chi connectivity index (χ1) is 16.4. The molecule has 2 N–H and O–H groups in total. The van der Waals surface area contributed by atoms with Gasteiger partial charge in [0.05, 0.1) is 19.5 Å². The predicted octanol–water partition coefficient (Wildman–Crippen LogP) is 5.19. The van der Waals surface area contributed by atoms with Crippen molar-refractivity contribution in [2.45, 2.75) is 0 Å². The van der Waals surface area contributed by atoms with E-state index in [9.17, 15) is 17.6 Å². The molecule has 0 fully saturated rings. The maximum absolute atomic E-state index is 12.6. The summed E-state index contributed by atoms with van der Waals surface area (Å²) in [7, 11) is 0. The SMILES string of the molecule is Fc1c(F)c(I)c(F)c(F)c1I.c1cnc(-c2ncc[nH]2)cn1.c1cnc(-c2ncc[nH]2)cn1. The summed E-state index contributed by atoms with van der Waals surface area (Å²) in [4.78, 5) is 29.9. The summed E-state index contributed by atoms with van der Waals surface area (Å²) in [5.74, 6) is -3.90. The molecule has 5 rings (SSSR count). The first-order valence-electron chi connectivity index (χ1n) is 9.08. The van der Waals surface area contributed by atoms with E-state index in [1.807, 2.05) is 0 Å². The third-order valence-corrected chi connectivity index (χ3v) is 5.66. The molecule has 0 unspecified atom stereocenters. The van der Waals surface area contributed by atoms with Crippen LogP contribution in [0.1, 0.15) is 0 Å². The number of hydrogen-bond acceptors (Lipinski definition) is 6. The van der Waals surface area contributed by atoms with Gasteiger partial charge in [0.15, 0.2) is 34.9 Å². The normalized spacial score (nSPS) is 10.1. The number of halogens is 6. The molecule has 0 spiro atoms. The third kappa shape index (κ3) is 6.52. The largest absolute Gasteiger partial charge is 0.343 e. The summed E-state index contributed by atoms with van der Waals surface area (Å²) < 4.78 is 49.2. The molecule has 1 aromatic carbocycles. The summed E-state index contributed by atoms with van der Waals surface area (Å²) in [5.41, 5.74) is 1.52. The Bertz CT molecular complexity index is 1130. The van der Waals surface area contributed by atoms with E-state index in [1.54, 1.807) is 62.0 Å². The van der Waals surface area contributed by atoms with Crippen molar-refractivity contribution in [3.05, 3.63) is 92.4 Å². The number of nitrogens with one attached hydrogen (secondary N) is 2. The van der Waals surface area contributed by atoms with Crippen LogP contribution in [0.2, 0.25) is 0 Å². The van der Waals surface area contributed by atoms with Crippen LogP contribution in [0.3, 0.4) is 0 Å². The van der Waals surface area contributed by atoms with Crippen LogP contribution in [-0.2, 0) is 0 Å². The number of rotatable bonds is 2. The molecule has 0 radical (unpaired) electrons. The zero-order valence-corrected chi connectivity index (χ0v) is 21.0. The minimum absolute atomic E-state index is 0.664. The van der Waals surface area contributed by atoms with Gasteiger partial charge < -0.3 is 9.97 Å². The summed E-state index contributed by atoms with van der Waals surface area (Å²) in [6.07, 6.45) is 16.7. The number of aromatic nitrogens is 8. The van der Waals surface area contributed by atoms with E-state index >= 15 is 0 Å². The van der Waals surface area contributed by atoms with Gasteiger partial charge in [-0.3, -0.25) is 9.97 Å². The Morgan fingerprint density at radius 2 is 0.912 bits per heavy atom. The molecule has 174 valence electrons. The molecule has 0 saturated heterocycles. The molecule has 0 aliphatic heterocycles. The second kappa shape index (κ2) is 12.4. The molecular formula is C20H12F4I2N8. The minimum atomic E-state index is -1.35. The number of hydrogen-bond donors (Lipinski definition) is 2. The van der Waals surface area contributed by atoms with Crippen LogP contribution in [0.25, 0.3) is 23.0 Å². The molecular weight excluding hydrogens is 682 g/mol. The smallest absolute Gasteiger partial charge is 0.176 e. The maximum atomic E-state index is 12.6. The molecule has 0 bridgehead atoms. The topological polar surface area (TPSA) is 109 Å². The molecule has 4 heterocycles. The number of H-pyrrole nitrogens is 2. The fraction of sp³-hybridized carbons (Fsp3) is 0. The van der Waals surface area contributed by atoms with Crippen LogP contribution < -0.4 is 0 Å². The molecule has 14 heteroatoms. The van der Waals surface area contributed by atoms with Crippen LogP contribution in [0, 0.1) is 30.4 Å². The molecule has 34 heavy (non-hydrogen) atoms. The zero-order valence-electron chi connectivity index (χ0n) is 16.7. The molecule has 0 atom stereocenters. The Hall–Kier alpha value is -3.02. The minimum Gasteiger partial charge on any atom is -0.343 e. The lowest BCUT2D eigenvalue weighted by Gasteiger charge is -2.02. The lowest BCUT2D eigenvalue weighted by molar-refractivity contribution is 0.437. The van der Waals surface area contributed by atoms with Crippen LogP contribution in [0.4, 0.5) is 17.6 Å². The first kappa shape index (κ1) is 25.6. The lowest BCUT2D eigenvalue weighted by Crippen LogP contribution is -2.02. The van der Waals surface area contributed by atoms with Crippen molar-refractivity contribution in [3.8, 4) is 23.0 Å². The quantitative estimate of drug-likeness (QED) is 0.114. The monoisotopic (exact) mass is 694 g/mol. The van der Waals surface area contributed by atoms with E-state index in [1.165, 1.54) is 45.2 Å². The summed E-state index contributed by atoms with van der Waals surface area (Å²) in [5, 5.41) is 0. The van der Waals surface area contributed by atoms with Gasteiger partial charge in [0, 0.05) is 49.6 Å². The molecule has 0 aliphatic rings. The second-order valence-corrected chi connectivity index (χ2v) is 8.10. The number of benzene rings is 1. The van der Waals surface area contributed by atoms with Crippen molar-refractivity contribution in [1.82, 2.24) is 39.9 Å². The Morgan fingerprint density at radius 3 is 1.18 bits per heavy atom. The molecule has 5 aromatic rings. The molecule has 0 amide bonds. The van der Waals surface area contributed by atoms with Crippen LogP contribution in [0.5, 0.6) is 0 Å². The van der Waals surface area contributed by atoms with Gasteiger partial charge in [-0.25, -0.2) is 37.5 Å². The summed E-state index contributed by atoms with van der Waals surface area (Å²) in [6, 6.07) is 0. The molecule has 0 aliphatic carbocycles. The van der Waals surface area contributed by atoms with E-state index in [4.69, 9.17) is 0 Å². The molecule has 0 saturated carbocycles. The van der Waals surface area contributed by atoms with E-state index in [2.05, 4.69) is 39.9 Å². The highest BCUT2D eigenvalue weighted by Gasteiger charge is 2.21. The number of aromatic amines is 2. The average molecular weight is 694 g/mol. The van der Waals surface area contributed by atoms with Crippen molar-refractivity contribution >= 4 is 45.2 Å². The number of nitrogens with zero attached hydrogens (tertiary/aromatic N) is 6. The van der Waals surface area contributed by atoms with Crippen LogP contribution in [-0.4, -0.2) is 39.9 Å². The van der Waals surface area contributed by atoms with Crippen molar-refractivity contribution in [2.75, 3.05) is 0 Å². The fourth-order valence-electron chi connectivity index (χ4n) is 2.23. The Labute approximate surface area is 217 Å². The Balaban J connectivity index is 0.000000143. The van der Waals surface area contributed by atoms with Crippen molar-refractivity contribution in [2.24, 2.45) is 0 Å². The first-order valence-corrected chi connectivity index (χ1v) is 11.2. The summed E-state index contributed by atoms with van der Waals surface area (Å²) in [6.45, 7) is 0. The van der Waals surface area contributed by atoms with Gasteiger partial charge in [0.25, 0.3) is 0 Å². The van der Waals surface area contributed by atoms with Crippen molar-refractivity contribution in [3.63, 3.8) is 0 Å². The summed E-state index contributed by atoms with van der Waals surface area (Å²) >= 11 is 2.41. The molecule has 8 nitrogen and oxygen atoms in total. The van der Waals surface area contributed by atoms with Gasteiger partial charge in [0.2, 0.25) is 0 Å². The van der Waals surface area contributed by atoms with Gasteiger partial charge in [-0.05, 0) is 45.2 Å². The Morgan fingerprint density at radius 1 is 0.529 bits per heavy atom. The third-order valence-electron chi connectivity index (χ3n) is 3.76. The van der Waals surface area contributed by atoms with Crippen LogP contribution >= 0.6 is 45.2 Å². The average Bonchev–Trinajstić information content (AvgIpc) is 3.62. The Kier molecular flexibility index (Phi) is 9.37. The van der Waals surface area contributed by atoms with Gasteiger partial charge in [-0.2, -0.15) is 0 Å². The van der Waals surface area contributed by atoms with E-state index in [0.717, 1.165) is 23.0 Å². The van der Waals surface area contributed by atoms with Crippen LogP contribution in [0.15, 0.2) is 62.0 Å². The second-order valence-electron chi connectivity index (χ2n) is 5.94. The van der Waals surface area contributed by atoms with E-state index < -0.39 is 30.4 Å². The highest BCUT2D eigenvalue weighted by Crippen LogP contribution is 2.26. The van der Waals surface area contributed by atoms with Gasteiger partial charge in [-0.15, -0.1) is 0 Å². The fourth-order valence-corrected chi connectivity index (χ4v) is 3.18. The van der Waals surface area contributed by atoms with Gasteiger partial charge in [-0.1, -0.05) is 0 Å². The molecule has 4 aromatic heterocycles. The van der Waals surface area contributed by atoms with Crippen molar-refractivity contribution in [1.29, 1.82) is 0 Å². The predicted molar refractivity (Wildman–Crippen MR) is 131 cm³/mol. The highest BCUT2D eigenvalue weighted by atomic mass is 127.